The first-order valence-corrected chi connectivity index (χ1v) is 7.21. The van der Waals surface area contributed by atoms with Crippen LogP contribution in [0.1, 0.15) is 23.2 Å². The van der Waals surface area contributed by atoms with E-state index in [1.165, 1.54) is 6.20 Å². The van der Waals surface area contributed by atoms with Crippen LogP contribution < -0.4 is 0 Å². The lowest BCUT2D eigenvalue weighted by Crippen LogP contribution is -2.47. The van der Waals surface area contributed by atoms with E-state index in [-0.39, 0.29) is 18.6 Å². The number of carbonyl (C=O) groups is 1. The molecule has 5 nitrogen and oxygen atoms in total. The number of piperidine rings is 1. The van der Waals surface area contributed by atoms with Gasteiger partial charge in [0.05, 0.1) is 17.2 Å². The van der Waals surface area contributed by atoms with Crippen molar-refractivity contribution in [3.63, 3.8) is 0 Å². The number of aromatic nitrogens is 1. The molecule has 0 aliphatic carbocycles. The Bertz CT molecular complexity index is 461. The van der Waals surface area contributed by atoms with Crippen molar-refractivity contribution < 1.29 is 9.90 Å². The number of hydrogen-bond donors (Lipinski definition) is 1. The maximum absolute atomic E-state index is 12.6. The van der Waals surface area contributed by atoms with Gasteiger partial charge in [0.1, 0.15) is 0 Å². The SMILES string of the molecule is CN1CCC(N(CCO)C(=O)c2cnccc2Cl)CC1. The molecule has 1 aliphatic rings. The Labute approximate surface area is 124 Å². The molecule has 0 unspecified atom stereocenters. The van der Waals surface area contributed by atoms with Gasteiger partial charge in [-0.25, -0.2) is 0 Å². The van der Waals surface area contributed by atoms with Crippen LogP contribution in [-0.2, 0) is 0 Å². The Morgan fingerprint density at radius 3 is 2.85 bits per heavy atom. The third-order valence-electron chi connectivity index (χ3n) is 3.73. The third kappa shape index (κ3) is 3.48. The Balaban J connectivity index is 2.16. The first kappa shape index (κ1) is 15.2. The van der Waals surface area contributed by atoms with Crippen molar-refractivity contribution in [2.75, 3.05) is 33.3 Å². The van der Waals surface area contributed by atoms with E-state index in [4.69, 9.17) is 11.6 Å². The van der Waals surface area contributed by atoms with Gasteiger partial charge in [-0.3, -0.25) is 9.78 Å². The summed E-state index contributed by atoms with van der Waals surface area (Å²) in [7, 11) is 2.08. The first-order valence-electron chi connectivity index (χ1n) is 6.83. The van der Waals surface area contributed by atoms with Crippen molar-refractivity contribution in [1.29, 1.82) is 0 Å². The topological polar surface area (TPSA) is 56.7 Å². The highest BCUT2D eigenvalue weighted by Crippen LogP contribution is 2.21. The van der Waals surface area contributed by atoms with Crippen LogP contribution in [0.4, 0.5) is 0 Å². The number of rotatable bonds is 4. The molecule has 20 heavy (non-hydrogen) atoms. The standard InChI is InChI=1S/C14H20ClN3O2/c1-17-6-3-11(4-7-17)18(8-9-19)14(20)12-10-16-5-2-13(12)15/h2,5,10-11,19H,3-4,6-9H2,1H3. The number of amides is 1. The molecular formula is C14H20ClN3O2. The largest absolute Gasteiger partial charge is 0.395 e. The molecule has 1 saturated heterocycles. The van der Waals surface area contributed by atoms with Gasteiger partial charge in [0, 0.05) is 25.0 Å². The van der Waals surface area contributed by atoms with Gasteiger partial charge in [-0.15, -0.1) is 0 Å². The minimum atomic E-state index is -0.147. The number of aliphatic hydroxyl groups is 1. The van der Waals surface area contributed by atoms with Crippen LogP contribution in [0.25, 0.3) is 0 Å². The molecule has 0 radical (unpaired) electrons. The summed E-state index contributed by atoms with van der Waals surface area (Å²) in [6.45, 7) is 2.20. The number of carbonyl (C=O) groups excluding carboxylic acids is 1. The average molecular weight is 298 g/mol. The molecule has 0 spiro atoms. The summed E-state index contributed by atoms with van der Waals surface area (Å²) in [5.74, 6) is -0.147. The predicted molar refractivity (Wildman–Crippen MR) is 77.9 cm³/mol. The molecule has 1 fully saturated rings. The van der Waals surface area contributed by atoms with E-state index in [9.17, 15) is 9.90 Å². The van der Waals surface area contributed by atoms with Crippen molar-refractivity contribution in [1.82, 2.24) is 14.8 Å². The van der Waals surface area contributed by atoms with Gasteiger partial charge in [-0.05, 0) is 39.0 Å². The quantitative estimate of drug-likeness (QED) is 0.909. The van der Waals surface area contributed by atoms with Crippen LogP contribution in [0, 0.1) is 0 Å². The number of aliphatic hydroxyl groups excluding tert-OH is 1. The van der Waals surface area contributed by atoms with E-state index in [1.54, 1.807) is 17.2 Å². The van der Waals surface area contributed by atoms with Crippen LogP contribution >= 0.6 is 11.6 Å². The van der Waals surface area contributed by atoms with Crippen molar-refractivity contribution in [2.45, 2.75) is 18.9 Å². The molecular weight excluding hydrogens is 278 g/mol. The van der Waals surface area contributed by atoms with Crippen LogP contribution in [0.15, 0.2) is 18.5 Å². The minimum Gasteiger partial charge on any atom is -0.395 e. The lowest BCUT2D eigenvalue weighted by molar-refractivity contribution is 0.0539. The van der Waals surface area contributed by atoms with Crippen molar-refractivity contribution in [3.8, 4) is 0 Å². The summed E-state index contributed by atoms with van der Waals surface area (Å²) in [4.78, 5) is 20.6. The summed E-state index contributed by atoms with van der Waals surface area (Å²) in [6, 6.07) is 1.77. The van der Waals surface area contributed by atoms with Gasteiger partial charge in [-0.1, -0.05) is 11.6 Å². The fourth-order valence-corrected chi connectivity index (χ4v) is 2.74. The molecule has 1 aromatic rings. The van der Waals surface area contributed by atoms with Gasteiger partial charge in [0.2, 0.25) is 0 Å². The van der Waals surface area contributed by atoms with Crippen LogP contribution in [0.5, 0.6) is 0 Å². The third-order valence-corrected chi connectivity index (χ3v) is 4.06. The summed E-state index contributed by atoms with van der Waals surface area (Å²) in [5, 5.41) is 9.64. The van der Waals surface area contributed by atoms with Crippen molar-refractivity contribution >= 4 is 17.5 Å². The number of hydrogen-bond acceptors (Lipinski definition) is 4. The maximum Gasteiger partial charge on any atom is 0.257 e. The van der Waals surface area contributed by atoms with Gasteiger partial charge < -0.3 is 14.9 Å². The monoisotopic (exact) mass is 297 g/mol. The second kappa shape index (κ2) is 7.02. The molecule has 1 aliphatic heterocycles. The second-order valence-corrected chi connectivity index (χ2v) is 5.52. The molecule has 2 heterocycles. The molecule has 110 valence electrons. The molecule has 6 heteroatoms. The lowest BCUT2D eigenvalue weighted by atomic mass is 10.0. The lowest BCUT2D eigenvalue weighted by Gasteiger charge is -2.37. The molecule has 0 bridgehead atoms. The fourth-order valence-electron chi connectivity index (χ4n) is 2.55. The highest BCUT2D eigenvalue weighted by atomic mass is 35.5. The molecule has 1 amide bonds. The van der Waals surface area contributed by atoms with E-state index in [0.717, 1.165) is 25.9 Å². The number of nitrogens with zero attached hydrogens (tertiary/aromatic N) is 3. The minimum absolute atomic E-state index is 0.0457. The van der Waals surface area contributed by atoms with E-state index in [2.05, 4.69) is 16.9 Å². The normalized spacial score (nSPS) is 17.1. The molecule has 0 saturated carbocycles. The van der Waals surface area contributed by atoms with E-state index in [0.29, 0.717) is 17.1 Å². The van der Waals surface area contributed by atoms with Crippen LogP contribution in [-0.4, -0.2) is 65.1 Å². The number of pyridine rings is 1. The summed E-state index contributed by atoms with van der Waals surface area (Å²) < 4.78 is 0. The first-order chi connectivity index (χ1) is 9.63. The van der Waals surface area contributed by atoms with Gasteiger partial charge in [0.25, 0.3) is 5.91 Å². The molecule has 0 atom stereocenters. The zero-order valence-corrected chi connectivity index (χ0v) is 12.4. The maximum atomic E-state index is 12.6. The Kier molecular flexibility index (Phi) is 5.34. The zero-order chi connectivity index (χ0) is 14.5. The highest BCUT2D eigenvalue weighted by Gasteiger charge is 2.28. The average Bonchev–Trinajstić information content (AvgIpc) is 2.46. The summed E-state index contributed by atoms with van der Waals surface area (Å²) >= 11 is 6.07. The van der Waals surface area contributed by atoms with Crippen LogP contribution in [0.2, 0.25) is 5.02 Å². The Morgan fingerprint density at radius 1 is 1.55 bits per heavy atom. The van der Waals surface area contributed by atoms with E-state index < -0.39 is 0 Å². The van der Waals surface area contributed by atoms with E-state index in [1.807, 2.05) is 0 Å². The van der Waals surface area contributed by atoms with Gasteiger partial charge >= 0.3 is 0 Å². The van der Waals surface area contributed by atoms with Crippen molar-refractivity contribution in [2.24, 2.45) is 0 Å². The Hall–Kier alpha value is -1.17. The van der Waals surface area contributed by atoms with Crippen molar-refractivity contribution in [3.05, 3.63) is 29.0 Å². The van der Waals surface area contributed by atoms with E-state index >= 15 is 0 Å². The fraction of sp³-hybridized carbons (Fsp3) is 0.571. The smallest absolute Gasteiger partial charge is 0.257 e. The molecule has 2 rings (SSSR count). The zero-order valence-electron chi connectivity index (χ0n) is 11.6. The van der Waals surface area contributed by atoms with Crippen LogP contribution in [0.3, 0.4) is 0 Å². The van der Waals surface area contributed by atoms with Gasteiger partial charge in [0.15, 0.2) is 0 Å². The number of likely N-dealkylation sites (tertiary alicyclic amines) is 1. The molecule has 0 aromatic carbocycles. The number of halogens is 1. The highest BCUT2D eigenvalue weighted by molar-refractivity contribution is 6.33. The Morgan fingerprint density at radius 2 is 2.25 bits per heavy atom. The summed E-state index contributed by atoms with van der Waals surface area (Å²) in [5.41, 5.74) is 0.404. The molecule has 1 aromatic heterocycles. The summed E-state index contributed by atoms with van der Waals surface area (Å²) in [6.07, 6.45) is 4.88. The molecule has 1 N–H and O–H groups in total. The predicted octanol–water partition coefficient (Wildman–Crippen LogP) is 1.26. The van der Waals surface area contributed by atoms with Gasteiger partial charge in [-0.2, -0.15) is 0 Å². The second-order valence-electron chi connectivity index (χ2n) is 5.11.